The van der Waals surface area contributed by atoms with Crippen molar-refractivity contribution in [1.29, 1.82) is 0 Å². The smallest absolute Gasteiger partial charge is 0.228 e. The summed E-state index contributed by atoms with van der Waals surface area (Å²) in [6.45, 7) is 4.45. The maximum absolute atomic E-state index is 12.7. The molecular formula is C18H25N3O2. The molecule has 2 heterocycles. The molecule has 0 aliphatic carbocycles. The zero-order chi connectivity index (χ0) is 16.4. The Kier molecular flexibility index (Phi) is 4.66. The van der Waals surface area contributed by atoms with Gasteiger partial charge in [-0.15, -0.1) is 0 Å². The molecule has 0 aromatic heterocycles. The number of carbonyl (C=O) groups is 2. The van der Waals surface area contributed by atoms with Crippen molar-refractivity contribution in [3.63, 3.8) is 0 Å². The van der Waals surface area contributed by atoms with Crippen molar-refractivity contribution in [2.75, 3.05) is 19.6 Å². The third-order valence-electron chi connectivity index (χ3n) is 4.99. The molecule has 1 aromatic rings. The molecule has 0 bridgehead atoms. The van der Waals surface area contributed by atoms with Gasteiger partial charge in [0, 0.05) is 38.6 Å². The summed E-state index contributed by atoms with van der Waals surface area (Å²) in [6.07, 6.45) is 2.33. The van der Waals surface area contributed by atoms with Gasteiger partial charge in [0.2, 0.25) is 11.8 Å². The van der Waals surface area contributed by atoms with Crippen LogP contribution in [-0.2, 0) is 16.1 Å². The standard InChI is InChI=1S/C18H25N3O2/c1-13-4-6-14(7-5-13)11-20-12-15(9-17(20)22)18(23)21-8-2-3-16(21)10-19/h4-7,15-16H,2-3,8-12,19H2,1H3. The van der Waals surface area contributed by atoms with Gasteiger partial charge in [-0.05, 0) is 25.3 Å². The molecule has 124 valence electrons. The first kappa shape index (κ1) is 16.0. The fourth-order valence-electron chi connectivity index (χ4n) is 3.61. The fraction of sp³-hybridized carbons (Fsp3) is 0.556. The predicted molar refractivity (Wildman–Crippen MR) is 88.5 cm³/mol. The molecule has 2 amide bonds. The summed E-state index contributed by atoms with van der Waals surface area (Å²) >= 11 is 0. The molecule has 0 saturated carbocycles. The number of hydrogen-bond acceptors (Lipinski definition) is 3. The molecule has 2 unspecified atom stereocenters. The number of aryl methyl sites for hydroxylation is 1. The number of amides is 2. The Hall–Kier alpha value is -1.88. The van der Waals surface area contributed by atoms with Gasteiger partial charge in [0.15, 0.2) is 0 Å². The Morgan fingerprint density at radius 1 is 1.30 bits per heavy atom. The van der Waals surface area contributed by atoms with E-state index in [-0.39, 0.29) is 23.8 Å². The van der Waals surface area contributed by atoms with Crippen molar-refractivity contribution in [3.8, 4) is 0 Å². The van der Waals surface area contributed by atoms with Crippen LogP contribution in [0, 0.1) is 12.8 Å². The normalized spacial score (nSPS) is 24.5. The highest BCUT2D eigenvalue weighted by Gasteiger charge is 2.39. The first-order valence-electron chi connectivity index (χ1n) is 8.42. The van der Waals surface area contributed by atoms with Gasteiger partial charge in [0.1, 0.15) is 0 Å². The van der Waals surface area contributed by atoms with Crippen LogP contribution in [0.25, 0.3) is 0 Å². The summed E-state index contributed by atoms with van der Waals surface area (Å²) in [5.74, 6) is -0.0229. The van der Waals surface area contributed by atoms with Crippen LogP contribution in [0.15, 0.2) is 24.3 Å². The van der Waals surface area contributed by atoms with Gasteiger partial charge >= 0.3 is 0 Å². The molecule has 2 saturated heterocycles. The van der Waals surface area contributed by atoms with Gasteiger partial charge in [-0.1, -0.05) is 29.8 Å². The minimum Gasteiger partial charge on any atom is -0.338 e. The number of likely N-dealkylation sites (tertiary alicyclic amines) is 2. The van der Waals surface area contributed by atoms with Crippen LogP contribution in [0.2, 0.25) is 0 Å². The van der Waals surface area contributed by atoms with E-state index in [1.54, 1.807) is 4.90 Å². The van der Waals surface area contributed by atoms with Gasteiger partial charge < -0.3 is 15.5 Å². The SMILES string of the molecule is Cc1ccc(CN2CC(C(=O)N3CCCC3CN)CC2=O)cc1. The van der Waals surface area contributed by atoms with Crippen molar-refractivity contribution in [3.05, 3.63) is 35.4 Å². The van der Waals surface area contributed by atoms with E-state index in [2.05, 4.69) is 12.1 Å². The van der Waals surface area contributed by atoms with Crippen LogP contribution in [0.3, 0.4) is 0 Å². The molecular weight excluding hydrogens is 290 g/mol. The fourth-order valence-corrected chi connectivity index (χ4v) is 3.61. The lowest BCUT2D eigenvalue weighted by Gasteiger charge is -2.26. The van der Waals surface area contributed by atoms with E-state index < -0.39 is 0 Å². The van der Waals surface area contributed by atoms with Gasteiger partial charge in [-0.3, -0.25) is 9.59 Å². The summed E-state index contributed by atoms with van der Waals surface area (Å²) in [5, 5.41) is 0. The first-order chi connectivity index (χ1) is 11.1. The van der Waals surface area contributed by atoms with E-state index in [0.29, 0.717) is 26.1 Å². The number of hydrogen-bond donors (Lipinski definition) is 1. The number of carbonyl (C=O) groups excluding carboxylic acids is 2. The minimum atomic E-state index is -0.208. The van der Waals surface area contributed by atoms with Crippen molar-refractivity contribution in [2.45, 2.75) is 38.8 Å². The second-order valence-electron chi connectivity index (χ2n) is 6.72. The Morgan fingerprint density at radius 2 is 2.04 bits per heavy atom. The van der Waals surface area contributed by atoms with Crippen LogP contribution >= 0.6 is 0 Å². The number of rotatable bonds is 4. The van der Waals surface area contributed by atoms with Crippen LogP contribution in [0.5, 0.6) is 0 Å². The van der Waals surface area contributed by atoms with Gasteiger partial charge in [-0.25, -0.2) is 0 Å². The summed E-state index contributed by atoms with van der Waals surface area (Å²) in [4.78, 5) is 28.7. The molecule has 2 atom stereocenters. The van der Waals surface area contributed by atoms with E-state index in [1.807, 2.05) is 24.0 Å². The molecule has 1 aromatic carbocycles. The summed E-state index contributed by atoms with van der Waals surface area (Å²) in [5.41, 5.74) is 8.07. The lowest BCUT2D eigenvalue weighted by molar-refractivity contribution is -0.136. The second-order valence-corrected chi connectivity index (χ2v) is 6.72. The molecule has 23 heavy (non-hydrogen) atoms. The predicted octanol–water partition coefficient (Wildman–Crippen LogP) is 1.29. The maximum atomic E-state index is 12.7. The van der Waals surface area contributed by atoms with E-state index in [4.69, 9.17) is 5.73 Å². The Labute approximate surface area is 137 Å². The summed E-state index contributed by atoms with van der Waals surface area (Å²) < 4.78 is 0. The molecule has 5 nitrogen and oxygen atoms in total. The largest absolute Gasteiger partial charge is 0.338 e. The molecule has 0 spiro atoms. The summed E-state index contributed by atoms with van der Waals surface area (Å²) in [7, 11) is 0. The van der Waals surface area contributed by atoms with Crippen LogP contribution in [-0.4, -0.2) is 47.3 Å². The van der Waals surface area contributed by atoms with Crippen molar-refractivity contribution in [1.82, 2.24) is 9.80 Å². The quantitative estimate of drug-likeness (QED) is 0.910. The van der Waals surface area contributed by atoms with Gasteiger partial charge in [0.25, 0.3) is 0 Å². The van der Waals surface area contributed by atoms with Crippen molar-refractivity contribution in [2.24, 2.45) is 11.7 Å². The summed E-state index contributed by atoms with van der Waals surface area (Å²) in [6, 6.07) is 8.35. The molecule has 2 aliphatic heterocycles. The van der Waals surface area contributed by atoms with E-state index >= 15 is 0 Å². The number of nitrogens with zero attached hydrogens (tertiary/aromatic N) is 2. The van der Waals surface area contributed by atoms with Gasteiger partial charge in [0.05, 0.1) is 5.92 Å². The van der Waals surface area contributed by atoms with Crippen LogP contribution < -0.4 is 5.73 Å². The topological polar surface area (TPSA) is 66.6 Å². The highest BCUT2D eigenvalue weighted by Crippen LogP contribution is 2.26. The average molecular weight is 315 g/mol. The zero-order valence-corrected chi connectivity index (χ0v) is 13.7. The number of nitrogens with two attached hydrogens (primary N) is 1. The molecule has 5 heteroatoms. The lowest BCUT2D eigenvalue weighted by Crippen LogP contribution is -2.43. The van der Waals surface area contributed by atoms with Crippen LogP contribution in [0.4, 0.5) is 0 Å². The third-order valence-corrected chi connectivity index (χ3v) is 4.99. The van der Waals surface area contributed by atoms with Crippen molar-refractivity contribution < 1.29 is 9.59 Å². The van der Waals surface area contributed by atoms with Gasteiger partial charge in [-0.2, -0.15) is 0 Å². The molecule has 3 rings (SSSR count). The van der Waals surface area contributed by atoms with E-state index in [0.717, 1.165) is 24.9 Å². The number of benzene rings is 1. The maximum Gasteiger partial charge on any atom is 0.228 e. The Morgan fingerprint density at radius 3 is 2.74 bits per heavy atom. The van der Waals surface area contributed by atoms with Crippen LogP contribution in [0.1, 0.15) is 30.4 Å². The monoisotopic (exact) mass is 315 g/mol. The van der Waals surface area contributed by atoms with Crippen molar-refractivity contribution >= 4 is 11.8 Å². The zero-order valence-electron chi connectivity index (χ0n) is 13.7. The first-order valence-corrected chi connectivity index (χ1v) is 8.42. The van der Waals surface area contributed by atoms with E-state index in [1.165, 1.54) is 5.56 Å². The molecule has 2 fully saturated rings. The highest BCUT2D eigenvalue weighted by atomic mass is 16.2. The molecule has 2 N–H and O–H groups in total. The molecule has 2 aliphatic rings. The minimum absolute atomic E-state index is 0.0763. The lowest BCUT2D eigenvalue weighted by atomic mass is 10.1. The Bertz CT molecular complexity index is 584. The Balaban J connectivity index is 1.62. The molecule has 0 radical (unpaired) electrons. The average Bonchev–Trinajstić information content (AvgIpc) is 3.16. The second kappa shape index (κ2) is 6.71. The third kappa shape index (κ3) is 3.39. The highest BCUT2D eigenvalue weighted by molar-refractivity contribution is 5.89. The van der Waals surface area contributed by atoms with E-state index in [9.17, 15) is 9.59 Å².